The topological polar surface area (TPSA) is 47.6 Å². The van der Waals surface area contributed by atoms with Crippen LogP contribution in [0.2, 0.25) is 0 Å². The number of ether oxygens (including phenoxy) is 2. The molecule has 2 fully saturated rings. The molecule has 2 saturated heterocycles. The van der Waals surface area contributed by atoms with Crippen LogP contribution in [0.15, 0.2) is 0 Å². The Kier molecular flexibility index (Phi) is 2.74. The summed E-state index contributed by atoms with van der Waals surface area (Å²) in [6.45, 7) is 4.46. The van der Waals surface area contributed by atoms with Gasteiger partial charge in [-0.25, -0.2) is 0 Å². The van der Waals surface area contributed by atoms with Gasteiger partial charge in [-0.15, -0.1) is 0 Å². The number of nitrogens with one attached hydrogen (secondary N) is 1. The molecule has 0 aromatic rings. The van der Waals surface area contributed by atoms with Gasteiger partial charge >= 0.3 is 5.97 Å². The minimum atomic E-state index is -0.395. The lowest BCUT2D eigenvalue weighted by Crippen LogP contribution is -2.50. The third-order valence-corrected chi connectivity index (χ3v) is 3.22. The SMILES string of the molecule is CCOC(=O)[C@]12CCN[C@H]1CCOC2. The van der Waals surface area contributed by atoms with Gasteiger partial charge < -0.3 is 14.8 Å². The highest BCUT2D eigenvalue weighted by Crippen LogP contribution is 2.37. The van der Waals surface area contributed by atoms with E-state index in [0.29, 0.717) is 13.2 Å². The van der Waals surface area contributed by atoms with Gasteiger partial charge in [0.05, 0.1) is 13.2 Å². The summed E-state index contributed by atoms with van der Waals surface area (Å²) in [6, 6.07) is 0.260. The lowest BCUT2D eigenvalue weighted by atomic mass is 9.78. The number of esters is 1. The monoisotopic (exact) mass is 199 g/mol. The van der Waals surface area contributed by atoms with Crippen LogP contribution in [0.25, 0.3) is 0 Å². The summed E-state index contributed by atoms with van der Waals surface area (Å²) in [6.07, 6.45) is 1.76. The van der Waals surface area contributed by atoms with Gasteiger partial charge in [0, 0.05) is 12.6 Å². The molecule has 2 aliphatic heterocycles. The van der Waals surface area contributed by atoms with Crippen molar-refractivity contribution in [1.82, 2.24) is 5.32 Å². The predicted molar refractivity (Wildman–Crippen MR) is 50.9 cm³/mol. The van der Waals surface area contributed by atoms with Crippen LogP contribution >= 0.6 is 0 Å². The molecular weight excluding hydrogens is 182 g/mol. The summed E-state index contributed by atoms with van der Waals surface area (Å²) in [4.78, 5) is 11.9. The van der Waals surface area contributed by atoms with E-state index >= 15 is 0 Å². The molecule has 2 atom stereocenters. The molecule has 1 N–H and O–H groups in total. The van der Waals surface area contributed by atoms with Gasteiger partial charge in [-0.3, -0.25) is 4.79 Å². The zero-order chi connectivity index (χ0) is 10.0. The zero-order valence-electron chi connectivity index (χ0n) is 8.54. The number of hydrogen-bond acceptors (Lipinski definition) is 4. The highest BCUT2D eigenvalue weighted by atomic mass is 16.5. The minimum absolute atomic E-state index is 0.0882. The molecule has 2 heterocycles. The van der Waals surface area contributed by atoms with E-state index in [0.717, 1.165) is 26.0 Å². The summed E-state index contributed by atoms with van der Waals surface area (Å²) in [5.41, 5.74) is -0.395. The molecule has 0 aromatic carbocycles. The number of hydrogen-bond donors (Lipinski definition) is 1. The smallest absolute Gasteiger partial charge is 0.316 e. The summed E-state index contributed by atoms with van der Waals surface area (Å²) >= 11 is 0. The first-order valence-electron chi connectivity index (χ1n) is 5.28. The van der Waals surface area contributed by atoms with Crippen LogP contribution < -0.4 is 5.32 Å². The van der Waals surface area contributed by atoms with E-state index in [2.05, 4.69) is 5.32 Å². The van der Waals surface area contributed by atoms with Crippen molar-refractivity contribution in [2.75, 3.05) is 26.4 Å². The number of carbonyl (C=O) groups is 1. The van der Waals surface area contributed by atoms with Gasteiger partial charge in [0.1, 0.15) is 5.41 Å². The molecule has 4 nitrogen and oxygen atoms in total. The van der Waals surface area contributed by atoms with Crippen LogP contribution in [0.1, 0.15) is 19.8 Å². The van der Waals surface area contributed by atoms with E-state index in [-0.39, 0.29) is 12.0 Å². The molecule has 0 amide bonds. The van der Waals surface area contributed by atoms with E-state index in [9.17, 15) is 4.79 Å². The highest BCUT2D eigenvalue weighted by Gasteiger charge is 2.51. The van der Waals surface area contributed by atoms with Gasteiger partial charge in [-0.1, -0.05) is 0 Å². The average Bonchev–Trinajstić information content (AvgIpc) is 2.62. The first kappa shape index (κ1) is 9.93. The standard InChI is InChI=1S/C10H17NO3/c1-2-14-9(12)10-4-5-11-8(10)3-6-13-7-10/h8,11H,2-7H2,1H3/t8-,10-/m0/s1. The first-order chi connectivity index (χ1) is 6.79. The van der Waals surface area contributed by atoms with E-state index in [1.165, 1.54) is 0 Å². The van der Waals surface area contributed by atoms with Gasteiger partial charge in [0.25, 0.3) is 0 Å². The van der Waals surface area contributed by atoms with Crippen molar-refractivity contribution < 1.29 is 14.3 Å². The van der Waals surface area contributed by atoms with E-state index in [1.807, 2.05) is 6.92 Å². The van der Waals surface area contributed by atoms with Crippen LogP contribution in [0, 0.1) is 5.41 Å². The second-order valence-electron chi connectivity index (χ2n) is 3.97. The molecule has 0 bridgehead atoms. The maximum Gasteiger partial charge on any atom is 0.316 e. The van der Waals surface area contributed by atoms with Crippen LogP contribution in [0.3, 0.4) is 0 Å². The molecule has 0 aromatic heterocycles. The summed E-state index contributed by atoms with van der Waals surface area (Å²) in [5.74, 6) is -0.0882. The molecule has 0 unspecified atom stereocenters. The lowest BCUT2D eigenvalue weighted by molar-refractivity contribution is -0.164. The Balaban J connectivity index is 2.13. The fourth-order valence-corrected chi connectivity index (χ4v) is 2.42. The molecule has 80 valence electrons. The van der Waals surface area contributed by atoms with Gasteiger partial charge in [0.15, 0.2) is 0 Å². The third-order valence-electron chi connectivity index (χ3n) is 3.22. The van der Waals surface area contributed by atoms with Gasteiger partial charge in [-0.2, -0.15) is 0 Å². The predicted octanol–water partition coefficient (Wildman–Crippen LogP) is 0.318. The Morgan fingerprint density at radius 2 is 2.57 bits per heavy atom. The van der Waals surface area contributed by atoms with Crippen molar-refractivity contribution in [3.8, 4) is 0 Å². The summed E-state index contributed by atoms with van der Waals surface area (Å²) in [7, 11) is 0. The molecule has 4 heteroatoms. The maximum absolute atomic E-state index is 11.9. The van der Waals surface area contributed by atoms with Crippen molar-refractivity contribution in [3.05, 3.63) is 0 Å². The molecule has 0 saturated carbocycles. The average molecular weight is 199 g/mol. The van der Waals surface area contributed by atoms with Gasteiger partial charge in [0.2, 0.25) is 0 Å². The zero-order valence-corrected chi connectivity index (χ0v) is 8.54. The van der Waals surface area contributed by atoms with Crippen molar-refractivity contribution in [1.29, 1.82) is 0 Å². The lowest BCUT2D eigenvalue weighted by Gasteiger charge is -2.36. The Hall–Kier alpha value is -0.610. The first-order valence-corrected chi connectivity index (χ1v) is 5.28. The fourth-order valence-electron chi connectivity index (χ4n) is 2.42. The molecule has 14 heavy (non-hydrogen) atoms. The quantitative estimate of drug-likeness (QED) is 0.651. The molecule has 0 spiro atoms. The van der Waals surface area contributed by atoms with E-state index in [1.54, 1.807) is 0 Å². The molecule has 0 aliphatic carbocycles. The molecule has 0 radical (unpaired) electrons. The number of fused-ring (bicyclic) bond motifs is 1. The van der Waals surface area contributed by atoms with Crippen molar-refractivity contribution in [2.45, 2.75) is 25.8 Å². The second kappa shape index (κ2) is 3.87. The van der Waals surface area contributed by atoms with Crippen molar-refractivity contribution >= 4 is 5.97 Å². The maximum atomic E-state index is 11.9. The van der Waals surface area contributed by atoms with Crippen LogP contribution in [-0.4, -0.2) is 38.4 Å². The third kappa shape index (κ3) is 1.42. The van der Waals surface area contributed by atoms with Crippen molar-refractivity contribution in [2.24, 2.45) is 5.41 Å². The molecule has 2 aliphatic rings. The Morgan fingerprint density at radius 3 is 3.36 bits per heavy atom. The largest absolute Gasteiger partial charge is 0.465 e. The molecule has 2 rings (SSSR count). The van der Waals surface area contributed by atoms with Crippen LogP contribution in [0.5, 0.6) is 0 Å². The summed E-state index contributed by atoms with van der Waals surface area (Å²) < 4.78 is 10.5. The fraction of sp³-hybridized carbons (Fsp3) is 0.900. The van der Waals surface area contributed by atoms with Crippen LogP contribution in [0.4, 0.5) is 0 Å². The number of carbonyl (C=O) groups excluding carboxylic acids is 1. The Labute approximate surface area is 84.0 Å². The Bertz CT molecular complexity index is 231. The second-order valence-corrected chi connectivity index (χ2v) is 3.97. The summed E-state index contributed by atoms with van der Waals surface area (Å²) in [5, 5.41) is 3.36. The van der Waals surface area contributed by atoms with E-state index < -0.39 is 5.41 Å². The van der Waals surface area contributed by atoms with Gasteiger partial charge in [-0.05, 0) is 26.3 Å². The normalized spacial score (nSPS) is 36.5. The van der Waals surface area contributed by atoms with Crippen LogP contribution in [-0.2, 0) is 14.3 Å². The minimum Gasteiger partial charge on any atom is -0.465 e. The Morgan fingerprint density at radius 1 is 1.71 bits per heavy atom. The molecular formula is C10H17NO3. The number of rotatable bonds is 2. The highest BCUT2D eigenvalue weighted by molar-refractivity contribution is 5.78. The van der Waals surface area contributed by atoms with Crippen molar-refractivity contribution in [3.63, 3.8) is 0 Å². The van der Waals surface area contributed by atoms with E-state index in [4.69, 9.17) is 9.47 Å².